The minimum absolute atomic E-state index is 0.226. The van der Waals surface area contributed by atoms with Crippen LogP contribution in [0, 0.1) is 5.41 Å². The number of para-hydroxylation sites is 1. The van der Waals surface area contributed by atoms with E-state index in [1.165, 1.54) is 11.9 Å². The van der Waals surface area contributed by atoms with Crippen molar-refractivity contribution in [3.8, 4) is 0 Å². The highest BCUT2D eigenvalue weighted by atomic mass is 16.6. The minimum atomic E-state index is -1.59. The van der Waals surface area contributed by atoms with Gasteiger partial charge in [0.1, 0.15) is 0 Å². The first-order valence-corrected chi connectivity index (χ1v) is 7.23. The van der Waals surface area contributed by atoms with Gasteiger partial charge in [0.15, 0.2) is 5.41 Å². The lowest BCUT2D eigenvalue weighted by Crippen LogP contribution is -2.49. The molecule has 1 aliphatic carbocycles. The molecule has 2 aliphatic rings. The summed E-state index contributed by atoms with van der Waals surface area (Å²) in [6.07, 6.45) is 0.452. The molecule has 1 heterocycles. The van der Waals surface area contributed by atoms with Crippen molar-refractivity contribution in [2.24, 2.45) is 10.5 Å². The summed E-state index contributed by atoms with van der Waals surface area (Å²) in [7, 11) is 0. The highest BCUT2D eigenvalue weighted by molar-refractivity contribution is 6.22. The Morgan fingerprint density at radius 1 is 1.26 bits per heavy atom. The first-order chi connectivity index (χ1) is 10.8. The summed E-state index contributed by atoms with van der Waals surface area (Å²) < 4.78 is 5.32. The van der Waals surface area contributed by atoms with E-state index < -0.39 is 28.9 Å². The molecule has 0 bridgehead atoms. The number of carboxylic acid groups (broad SMARTS) is 1. The fourth-order valence-corrected chi connectivity index (χ4v) is 2.42. The van der Waals surface area contributed by atoms with Gasteiger partial charge in [0.2, 0.25) is 5.60 Å². The number of amides is 1. The number of hydrogen-bond donors (Lipinski definition) is 1. The second-order valence-corrected chi connectivity index (χ2v) is 5.95. The van der Waals surface area contributed by atoms with Gasteiger partial charge < -0.3 is 9.84 Å². The zero-order valence-electron chi connectivity index (χ0n) is 12.8. The maximum Gasteiger partial charge on any atom is 0.324 e. The number of carbonyl (C=O) groups is 3. The van der Waals surface area contributed by atoms with Gasteiger partial charge in [-0.3, -0.25) is 14.4 Å². The summed E-state index contributed by atoms with van der Waals surface area (Å²) in [5.74, 6) is -2.62. The minimum Gasteiger partial charge on any atom is -0.480 e. The molecule has 0 spiro atoms. The van der Waals surface area contributed by atoms with E-state index >= 15 is 0 Å². The van der Waals surface area contributed by atoms with Crippen molar-refractivity contribution in [1.82, 2.24) is 0 Å². The summed E-state index contributed by atoms with van der Waals surface area (Å²) in [4.78, 5) is 36.1. The average Bonchev–Trinajstić information content (AvgIpc) is 3.30. The molecule has 1 amide bonds. The molecule has 7 heteroatoms. The van der Waals surface area contributed by atoms with Crippen LogP contribution in [0.4, 0.5) is 5.69 Å². The van der Waals surface area contributed by atoms with E-state index in [2.05, 4.69) is 5.10 Å². The number of rotatable bonds is 4. The average molecular weight is 316 g/mol. The van der Waals surface area contributed by atoms with Gasteiger partial charge in [0.05, 0.1) is 11.4 Å². The van der Waals surface area contributed by atoms with E-state index in [0.717, 1.165) is 0 Å². The van der Waals surface area contributed by atoms with E-state index in [0.29, 0.717) is 11.4 Å². The summed E-state index contributed by atoms with van der Waals surface area (Å²) in [5, 5.41) is 14.5. The maximum absolute atomic E-state index is 12.7. The van der Waals surface area contributed by atoms with Crippen LogP contribution in [0.2, 0.25) is 0 Å². The molecule has 1 fully saturated rings. The highest BCUT2D eigenvalue weighted by Crippen LogP contribution is 2.48. The fraction of sp³-hybridized carbons (Fsp3) is 0.375. The van der Waals surface area contributed by atoms with Crippen LogP contribution in [0.5, 0.6) is 0 Å². The van der Waals surface area contributed by atoms with Gasteiger partial charge in [-0.15, -0.1) is 0 Å². The SMILES string of the molecule is CC1=NN(c2ccccc2)C(=O)C1(C)OC(=O)C1(C(=O)O)CC1. The third-order valence-electron chi connectivity index (χ3n) is 4.39. The first-order valence-electron chi connectivity index (χ1n) is 7.23. The number of aliphatic carboxylic acids is 1. The lowest BCUT2D eigenvalue weighted by atomic mass is 10.00. The van der Waals surface area contributed by atoms with Crippen molar-refractivity contribution in [1.29, 1.82) is 0 Å². The lowest BCUT2D eigenvalue weighted by Gasteiger charge is -2.25. The van der Waals surface area contributed by atoms with Crippen LogP contribution in [0.3, 0.4) is 0 Å². The number of benzene rings is 1. The summed E-state index contributed by atoms with van der Waals surface area (Å²) in [5.41, 5.74) is -2.24. The number of carboxylic acids is 1. The molecule has 0 radical (unpaired) electrons. The first kappa shape index (κ1) is 15.2. The van der Waals surface area contributed by atoms with Crippen molar-refractivity contribution in [2.45, 2.75) is 32.3 Å². The Morgan fingerprint density at radius 3 is 2.39 bits per heavy atom. The van der Waals surface area contributed by atoms with Crippen LogP contribution in [0.15, 0.2) is 35.4 Å². The number of hydrogen-bond acceptors (Lipinski definition) is 5. The van der Waals surface area contributed by atoms with Crippen LogP contribution >= 0.6 is 0 Å². The molecule has 0 aromatic heterocycles. The lowest BCUT2D eigenvalue weighted by molar-refractivity contribution is -0.170. The monoisotopic (exact) mass is 316 g/mol. The molecule has 1 unspecified atom stereocenters. The molecular weight excluding hydrogens is 300 g/mol. The Hall–Kier alpha value is -2.70. The van der Waals surface area contributed by atoms with Gasteiger partial charge in [-0.1, -0.05) is 18.2 Å². The third kappa shape index (κ3) is 2.19. The standard InChI is InChI=1S/C16H16N2O5/c1-10-15(2,23-14(22)16(8-9-16)13(20)21)12(19)18(17-10)11-6-4-3-5-7-11/h3-7H,8-9H2,1-2H3,(H,20,21). The molecule has 1 N–H and O–H groups in total. The maximum atomic E-state index is 12.7. The number of esters is 1. The van der Waals surface area contributed by atoms with Crippen LogP contribution in [-0.2, 0) is 19.1 Å². The molecule has 1 aromatic rings. The Labute approximate surface area is 132 Å². The molecule has 3 rings (SSSR count). The van der Waals surface area contributed by atoms with Crippen molar-refractivity contribution in [2.75, 3.05) is 5.01 Å². The molecule has 120 valence electrons. The smallest absolute Gasteiger partial charge is 0.324 e. The van der Waals surface area contributed by atoms with Crippen LogP contribution in [-0.4, -0.2) is 34.3 Å². The molecule has 1 atom stereocenters. The number of anilines is 1. The second kappa shape index (κ2) is 4.91. The van der Waals surface area contributed by atoms with Gasteiger partial charge >= 0.3 is 11.9 Å². The van der Waals surface area contributed by atoms with Crippen molar-refractivity contribution in [3.63, 3.8) is 0 Å². The Balaban J connectivity index is 1.85. The second-order valence-electron chi connectivity index (χ2n) is 5.95. The van der Waals surface area contributed by atoms with E-state index in [9.17, 15) is 14.4 Å². The largest absolute Gasteiger partial charge is 0.480 e. The van der Waals surface area contributed by atoms with Crippen molar-refractivity contribution >= 4 is 29.2 Å². The third-order valence-corrected chi connectivity index (χ3v) is 4.39. The normalized spacial score (nSPS) is 25.0. The summed E-state index contributed by atoms with van der Waals surface area (Å²) in [6.45, 7) is 3.02. The van der Waals surface area contributed by atoms with Gasteiger partial charge in [-0.2, -0.15) is 10.1 Å². The van der Waals surface area contributed by atoms with Gasteiger partial charge in [0, 0.05) is 0 Å². The number of hydrazone groups is 1. The van der Waals surface area contributed by atoms with Gasteiger partial charge in [-0.25, -0.2) is 0 Å². The van der Waals surface area contributed by atoms with Crippen LogP contribution in [0.1, 0.15) is 26.7 Å². The molecule has 1 aromatic carbocycles. The van der Waals surface area contributed by atoms with Gasteiger partial charge in [-0.05, 0) is 38.8 Å². The van der Waals surface area contributed by atoms with E-state index in [1.807, 2.05) is 6.07 Å². The van der Waals surface area contributed by atoms with Crippen LogP contribution < -0.4 is 5.01 Å². The number of carbonyl (C=O) groups excluding carboxylic acids is 2. The van der Waals surface area contributed by atoms with Crippen molar-refractivity contribution < 1.29 is 24.2 Å². The molecule has 7 nitrogen and oxygen atoms in total. The summed E-state index contributed by atoms with van der Waals surface area (Å²) >= 11 is 0. The zero-order chi connectivity index (χ0) is 16.8. The fourth-order valence-electron chi connectivity index (χ4n) is 2.42. The molecule has 1 aliphatic heterocycles. The molecule has 1 saturated carbocycles. The number of ether oxygens (including phenoxy) is 1. The van der Waals surface area contributed by atoms with Gasteiger partial charge in [0.25, 0.3) is 5.91 Å². The van der Waals surface area contributed by atoms with E-state index in [4.69, 9.17) is 9.84 Å². The summed E-state index contributed by atoms with van der Waals surface area (Å²) in [6, 6.07) is 8.75. The Bertz CT molecular complexity index is 723. The number of nitrogens with zero attached hydrogens (tertiary/aromatic N) is 2. The molecule has 0 saturated heterocycles. The van der Waals surface area contributed by atoms with Crippen LogP contribution in [0.25, 0.3) is 0 Å². The highest BCUT2D eigenvalue weighted by Gasteiger charge is 2.61. The quantitative estimate of drug-likeness (QED) is 0.672. The van der Waals surface area contributed by atoms with E-state index in [-0.39, 0.29) is 12.8 Å². The molecule has 23 heavy (non-hydrogen) atoms. The van der Waals surface area contributed by atoms with Crippen molar-refractivity contribution in [3.05, 3.63) is 30.3 Å². The predicted octanol–water partition coefficient (Wildman–Crippen LogP) is 1.58. The Morgan fingerprint density at radius 2 is 1.87 bits per heavy atom. The topological polar surface area (TPSA) is 96.3 Å². The zero-order valence-corrected chi connectivity index (χ0v) is 12.8. The van der Waals surface area contributed by atoms with E-state index in [1.54, 1.807) is 31.2 Å². The predicted molar refractivity (Wildman–Crippen MR) is 80.8 cm³/mol. The Kier molecular flexibility index (Phi) is 3.24. The molecular formula is C16H16N2O5.